The van der Waals surface area contributed by atoms with Crippen LogP contribution < -0.4 is 10.4 Å². The molecule has 1 aliphatic rings. The first-order valence-corrected chi connectivity index (χ1v) is 6.79. The third-order valence-corrected chi connectivity index (χ3v) is 3.92. The lowest BCUT2D eigenvalue weighted by Gasteiger charge is -2.28. The van der Waals surface area contributed by atoms with Gasteiger partial charge in [-0.2, -0.15) is 0 Å². The van der Waals surface area contributed by atoms with E-state index in [1.54, 1.807) is 24.3 Å². The van der Waals surface area contributed by atoms with Gasteiger partial charge in [0, 0.05) is 22.6 Å². The highest BCUT2D eigenvalue weighted by Gasteiger charge is 2.29. The smallest absolute Gasteiger partial charge is 0.228 e. The first-order chi connectivity index (χ1) is 9.49. The Hall–Kier alpha value is -1.81. The number of aryl methyl sites for hydroxylation is 1. The molecule has 0 aliphatic heterocycles. The number of nitrogens with one attached hydrogen (secondary N) is 1. The molecule has 0 heterocycles. The fourth-order valence-electron chi connectivity index (χ4n) is 2.27. The van der Waals surface area contributed by atoms with Crippen molar-refractivity contribution in [2.45, 2.75) is 19.8 Å². The van der Waals surface area contributed by atoms with Crippen molar-refractivity contribution in [2.75, 3.05) is 5.32 Å². The second-order valence-electron chi connectivity index (χ2n) is 4.93. The Morgan fingerprint density at radius 3 is 2.50 bits per heavy atom. The summed E-state index contributed by atoms with van der Waals surface area (Å²) in [6.07, 6.45) is 4.33. The van der Waals surface area contributed by atoms with Gasteiger partial charge in [0.2, 0.25) is 5.91 Å². The Morgan fingerprint density at radius 2 is 1.90 bits per heavy atom. The fourth-order valence-corrected chi connectivity index (χ4v) is 2.45. The van der Waals surface area contributed by atoms with Crippen LogP contribution in [0.1, 0.15) is 18.4 Å². The molecule has 0 aromatic heterocycles. The molecule has 1 amide bonds. The van der Waals surface area contributed by atoms with Gasteiger partial charge in [-0.3, -0.25) is 4.79 Å². The lowest BCUT2D eigenvalue weighted by Crippen LogP contribution is -2.41. The lowest BCUT2D eigenvalue weighted by atomic mass is 9.82. The molecule has 5 heteroatoms. The third kappa shape index (κ3) is 3.20. The Labute approximate surface area is 122 Å². The topological polar surface area (TPSA) is 69.2 Å². The number of allylic oxidation sites excluding steroid dienone is 2. The van der Waals surface area contributed by atoms with E-state index >= 15 is 0 Å². The summed E-state index contributed by atoms with van der Waals surface area (Å²) >= 11 is 6.00. The highest BCUT2D eigenvalue weighted by Crippen LogP contribution is 2.27. The van der Waals surface area contributed by atoms with Crippen LogP contribution in [0.3, 0.4) is 0 Å². The van der Waals surface area contributed by atoms with Crippen molar-refractivity contribution in [2.24, 2.45) is 11.8 Å². The van der Waals surface area contributed by atoms with E-state index in [0.717, 1.165) is 5.56 Å². The number of carboxylic acid groups (broad SMARTS) is 1. The molecule has 0 bridgehead atoms. The average Bonchev–Trinajstić information content (AvgIpc) is 2.43. The predicted octanol–water partition coefficient (Wildman–Crippen LogP) is 1.92. The minimum absolute atomic E-state index is 0.316. The van der Waals surface area contributed by atoms with Crippen molar-refractivity contribution in [3.8, 4) is 0 Å². The first-order valence-electron chi connectivity index (χ1n) is 6.42. The van der Waals surface area contributed by atoms with Crippen LogP contribution in [-0.2, 0) is 9.59 Å². The van der Waals surface area contributed by atoms with Crippen molar-refractivity contribution < 1.29 is 14.7 Å². The Kier molecular flexibility index (Phi) is 4.45. The fraction of sp³-hybridized carbons (Fsp3) is 0.333. The Balaban J connectivity index is 2.12. The van der Waals surface area contributed by atoms with Crippen LogP contribution in [-0.4, -0.2) is 11.9 Å². The van der Waals surface area contributed by atoms with Gasteiger partial charge in [0.1, 0.15) is 0 Å². The van der Waals surface area contributed by atoms with Gasteiger partial charge in [0.25, 0.3) is 0 Å². The van der Waals surface area contributed by atoms with Gasteiger partial charge < -0.3 is 15.2 Å². The second kappa shape index (κ2) is 6.09. The van der Waals surface area contributed by atoms with E-state index in [0.29, 0.717) is 23.6 Å². The lowest BCUT2D eigenvalue weighted by molar-refractivity contribution is -0.313. The second-order valence-corrected chi connectivity index (χ2v) is 5.34. The molecule has 2 atom stereocenters. The minimum Gasteiger partial charge on any atom is -0.550 e. The van der Waals surface area contributed by atoms with Gasteiger partial charge in [0.15, 0.2) is 0 Å². The van der Waals surface area contributed by atoms with E-state index in [2.05, 4.69) is 5.32 Å². The maximum absolute atomic E-state index is 12.2. The number of carbonyl (C=O) groups is 2. The number of hydrogen-bond donors (Lipinski definition) is 1. The summed E-state index contributed by atoms with van der Waals surface area (Å²) in [5, 5.41) is 14.3. The van der Waals surface area contributed by atoms with Crippen LogP contribution in [0.5, 0.6) is 0 Å². The number of anilines is 1. The molecule has 1 aromatic rings. The number of carboxylic acids is 1. The molecule has 0 saturated heterocycles. The van der Waals surface area contributed by atoms with Gasteiger partial charge in [0.05, 0.1) is 5.92 Å². The number of halogens is 1. The van der Waals surface area contributed by atoms with Crippen molar-refractivity contribution in [3.05, 3.63) is 40.9 Å². The van der Waals surface area contributed by atoms with Crippen LogP contribution in [0, 0.1) is 18.8 Å². The van der Waals surface area contributed by atoms with E-state index in [-0.39, 0.29) is 5.91 Å². The quantitative estimate of drug-likeness (QED) is 0.865. The molecule has 20 heavy (non-hydrogen) atoms. The van der Waals surface area contributed by atoms with E-state index in [1.807, 2.05) is 13.0 Å². The molecule has 0 unspecified atom stereocenters. The summed E-state index contributed by atoms with van der Waals surface area (Å²) < 4.78 is 0. The highest BCUT2D eigenvalue weighted by atomic mass is 35.5. The van der Waals surface area contributed by atoms with Gasteiger partial charge >= 0.3 is 0 Å². The summed E-state index contributed by atoms with van der Waals surface area (Å²) in [6.45, 7) is 1.87. The van der Waals surface area contributed by atoms with Gasteiger partial charge in [-0.15, -0.1) is 0 Å². The molecular weight excluding hydrogens is 278 g/mol. The van der Waals surface area contributed by atoms with Crippen LogP contribution in [0.4, 0.5) is 5.69 Å². The van der Waals surface area contributed by atoms with Gasteiger partial charge in [-0.05, 0) is 37.5 Å². The van der Waals surface area contributed by atoms with Crippen LogP contribution >= 0.6 is 11.6 Å². The monoisotopic (exact) mass is 292 g/mol. The molecule has 1 aliphatic carbocycles. The number of rotatable bonds is 3. The predicted molar refractivity (Wildman–Crippen MR) is 75.2 cm³/mol. The molecular formula is C15H15ClNO3-. The summed E-state index contributed by atoms with van der Waals surface area (Å²) in [4.78, 5) is 23.3. The standard InChI is InChI=1S/C15H16ClNO3/c1-9-6-7-10(8-13(9)16)17-14(18)11-4-2-3-5-12(11)15(19)20/h2-3,6-8,11-12H,4-5H2,1H3,(H,17,18)(H,19,20)/p-1/t11-,12-/m1/s1. The van der Waals surface area contributed by atoms with Crippen molar-refractivity contribution in [1.82, 2.24) is 0 Å². The number of benzene rings is 1. The van der Waals surface area contributed by atoms with Crippen LogP contribution in [0.15, 0.2) is 30.4 Å². The molecule has 0 radical (unpaired) electrons. The normalized spacial score (nSPS) is 21.5. The third-order valence-electron chi connectivity index (χ3n) is 3.51. The maximum Gasteiger partial charge on any atom is 0.228 e. The molecule has 106 valence electrons. The number of aliphatic carboxylic acids is 1. The van der Waals surface area contributed by atoms with Crippen molar-refractivity contribution in [3.63, 3.8) is 0 Å². The zero-order valence-electron chi connectivity index (χ0n) is 11.1. The van der Waals surface area contributed by atoms with Crippen molar-refractivity contribution >= 4 is 29.2 Å². The number of carbonyl (C=O) groups excluding carboxylic acids is 2. The number of hydrogen-bond acceptors (Lipinski definition) is 3. The van der Waals surface area contributed by atoms with Gasteiger partial charge in [-0.25, -0.2) is 0 Å². The zero-order chi connectivity index (χ0) is 14.7. The minimum atomic E-state index is -1.18. The Morgan fingerprint density at radius 1 is 1.25 bits per heavy atom. The molecule has 1 N–H and O–H groups in total. The summed E-state index contributed by atoms with van der Waals surface area (Å²) in [6, 6.07) is 5.20. The molecule has 0 saturated carbocycles. The average molecular weight is 293 g/mol. The SMILES string of the molecule is Cc1ccc(NC(=O)[C@@H]2CC=CC[C@H]2C(=O)[O-])cc1Cl. The van der Waals surface area contributed by atoms with Crippen LogP contribution in [0.2, 0.25) is 5.02 Å². The Bertz CT molecular complexity index is 568. The molecule has 4 nitrogen and oxygen atoms in total. The van der Waals surface area contributed by atoms with E-state index in [1.165, 1.54) is 0 Å². The van der Waals surface area contributed by atoms with Crippen LogP contribution in [0.25, 0.3) is 0 Å². The van der Waals surface area contributed by atoms with Crippen molar-refractivity contribution in [1.29, 1.82) is 0 Å². The first kappa shape index (κ1) is 14.6. The maximum atomic E-state index is 12.2. The summed E-state index contributed by atoms with van der Waals surface area (Å²) in [7, 11) is 0. The number of amides is 1. The zero-order valence-corrected chi connectivity index (χ0v) is 11.8. The molecule has 2 rings (SSSR count). The van der Waals surface area contributed by atoms with E-state index in [9.17, 15) is 14.7 Å². The van der Waals surface area contributed by atoms with E-state index < -0.39 is 17.8 Å². The summed E-state index contributed by atoms with van der Waals surface area (Å²) in [5.41, 5.74) is 1.48. The molecule has 0 spiro atoms. The molecule has 1 aromatic carbocycles. The van der Waals surface area contributed by atoms with E-state index in [4.69, 9.17) is 11.6 Å². The largest absolute Gasteiger partial charge is 0.550 e. The highest BCUT2D eigenvalue weighted by molar-refractivity contribution is 6.31. The summed E-state index contributed by atoms with van der Waals surface area (Å²) in [5.74, 6) is -2.88. The molecule has 0 fully saturated rings. The van der Waals surface area contributed by atoms with Gasteiger partial charge in [-0.1, -0.05) is 29.8 Å².